The minimum absolute atomic E-state index is 0.102. The maximum absolute atomic E-state index is 12.6. The van der Waals surface area contributed by atoms with E-state index in [1.807, 2.05) is 61.5 Å². The van der Waals surface area contributed by atoms with Crippen LogP contribution in [0.15, 0.2) is 91.0 Å². The molecule has 0 spiro atoms. The summed E-state index contributed by atoms with van der Waals surface area (Å²) in [7, 11) is 0. The fraction of sp³-hybridized carbons (Fsp3) is 0.136. The summed E-state index contributed by atoms with van der Waals surface area (Å²) < 4.78 is 9.86. The summed E-state index contributed by atoms with van der Waals surface area (Å²) in [5, 5.41) is 0. The second-order valence-electron chi connectivity index (χ2n) is 6.00. The van der Waals surface area contributed by atoms with E-state index in [9.17, 15) is 4.79 Å². The van der Waals surface area contributed by atoms with Crippen LogP contribution in [0.2, 0.25) is 0 Å². The van der Waals surface area contributed by atoms with Gasteiger partial charge in [0, 0.05) is 0 Å². The third-order valence-electron chi connectivity index (χ3n) is 4.26. The van der Waals surface area contributed by atoms with Crippen molar-refractivity contribution in [3.8, 4) is 0 Å². The zero-order valence-electron chi connectivity index (χ0n) is 14.4. The molecule has 126 valence electrons. The monoisotopic (exact) mass is 438 g/mol. The van der Waals surface area contributed by atoms with Gasteiger partial charge in [-0.1, -0.05) is 0 Å². The van der Waals surface area contributed by atoms with E-state index >= 15 is 0 Å². The first-order chi connectivity index (χ1) is 12.3. The number of hydrogen-bond acceptors (Lipinski definition) is 2. The van der Waals surface area contributed by atoms with Gasteiger partial charge in [-0.2, -0.15) is 0 Å². The maximum atomic E-state index is 12.6. The number of hydrogen-bond donors (Lipinski definition) is 0. The molecule has 3 aromatic carbocycles. The predicted octanol–water partition coefficient (Wildman–Crippen LogP) is 3.00. The van der Waals surface area contributed by atoms with Crippen LogP contribution in [0.3, 0.4) is 0 Å². The van der Waals surface area contributed by atoms with Gasteiger partial charge in [-0.3, -0.25) is 0 Å². The Morgan fingerprint density at radius 2 is 1.08 bits per heavy atom. The molecule has 0 radical (unpaired) electrons. The van der Waals surface area contributed by atoms with Crippen LogP contribution in [0.4, 0.5) is 0 Å². The summed E-state index contributed by atoms with van der Waals surface area (Å²) in [4.78, 5) is 12.6. The van der Waals surface area contributed by atoms with E-state index in [0.717, 1.165) is 17.2 Å². The standard InChI is InChI=1S/3C6H5.C4H8O2.Sn/c3*1-2-4-6-5-3-1;1-2-3-4(5)6;/h3*1-5H;2-3H2,1H3,(H,5,6);/q;;;;+1/p-1. The van der Waals surface area contributed by atoms with Crippen molar-refractivity contribution in [1.82, 2.24) is 0 Å². The molecular formula is C22H22O2Sn. The Balaban J connectivity index is 2.26. The van der Waals surface area contributed by atoms with Gasteiger partial charge in [-0.05, 0) is 0 Å². The molecule has 0 bridgehead atoms. The Labute approximate surface area is 153 Å². The molecular weight excluding hydrogens is 415 g/mol. The van der Waals surface area contributed by atoms with E-state index in [2.05, 4.69) is 36.4 Å². The van der Waals surface area contributed by atoms with Gasteiger partial charge in [0.05, 0.1) is 0 Å². The molecule has 0 amide bonds. The van der Waals surface area contributed by atoms with E-state index in [-0.39, 0.29) is 5.97 Å². The Morgan fingerprint density at radius 1 is 0.720 bits per heavy atom. The second-order valence-corrected chi connectivity index (χ2v) is 15.4. The van der Waals surface area contributed by atoms with Gasteiger partial charge in [0.25, 0.3) is 0 Å². The average molecular weight is 437 g/mol. The molecule has 0 aliphatic carbocycles. The van der Waals surface area contributed by atoms with Crippen molar-refractivity contribution in [2.45, 2.75) is 19.8 Å². The van der Waals surface area contributed by atoms with Crippen LogP contribution in [-0.4, -0.2) is 24.8 Å². The first kappa shape index (κ1) is 17.7. The molecule has 0 saturated heterocycles. The third-order valence-corrected chi connectivity index (χ3v) is 15.6. The fourth-order valence-corrected chi connectivity index (χ4v) is 13.9. The molecule has 0 heterocycles. The molecule has 0 fully saturated rings. The van der Waals surface area contributed by atoms with E-state index in [1.54, 1.807) is 0 Å². The Hall–Kier alpha value is -2.07. The fourth-order valence-electron chi connectivity index (χ4n) is 3.12. The van der Waals surface area contributed by atoms with Crippen LogP contribution in [0.25, 0.3) is 0 Å². The van der Waals surface area contributed by atoms with Crippen molar-refractivity contribution >= 4 is 35.5 Å². The van der Waals surface area contributed by atoms with Gasteiger partial charge < -0.3 is 0 Å². The first-order valence-corrected chi connectivity index (χ1v) is 14.1. The molecule has 25 heavy (non-hydrogen) atoms. The summed E-state index contributed by atoms with van der Waals surface area (Å²) >= 11 is -3.86. The van der Waals surface area contributed by atoms with Crippen LogP contribution in [0.1, 0.15) is 19.8 Å². The summed E-state index contributed by atoms with van der Waals surface area (Å²) in [6.07, 6.45) is 1.24. The van der Waals surface area contributed by atoms with Crippen LogP contribution < -0.4 is 10.7 Å². The molecule has 3 rings (SSSR count). The van der Waals surface area contributed by atoms with Crippen molar-refractivity contribution in [3.63, 3.8) is 0 Å². The summed E-state index contributed by atoms with van der Waals surface area (Å²) in [5.74, 6) is -0.102. The van der Waals surface area contributed by atoms with Crippen molar-refractivity contribution < 1.29 is 7.87 Å². The Bertz CT molecular complexity index is 705. The third kappa shape index (κ3) is 3.79. The number of benzene rings is 3. The van der Waals surface area contributed by atoms with Crippen molar-refractivity contribution in [1.29, 1.82) is 0 Å². The first-order valence-electron chi connectivity index (χ1n) is 8.66. The molecule has 0 aromatic heterocycles. The number of carbonyl (C=O) groups excluding carboxylic acids is 1. The van der Waals surface area contributed by atoms with Crippen LogP contribution in [0.5, 0.6) is 0 Å². The SMILES string of the molecule is CCCC(=O)[O][Sn]([c]1ccccc1)([c]1ccccc1)[c]1ccccc1. The number of carbonyl (C=O) groups is 1. The van der Waals surface area contributed by atoms with Gasteiger partial charge in [0.1, 0.15) is 0 Å². The minimum atomic E-state index is -3.86. The van der Waals surface area contributed by atoms with E-state index in [1.165, 1.54) is 0 Å². The van der Waals surface area contributed by atoms with Crippen LogP contribution in [0, 0.1) is 0 Å². The summed E-state index contributed by atoms with van der Waals surface area (Å²) in [6.45, 7) is 2.01. The molecule has 3 heteroatoms. The molecule has 3 aromatic rings. The van der Waals surface area contributed by atoms with Crippen LogP contribution >= 0.6 is 0 Å². The van der Waals surface area contributed by atoms with Gasteiger partial charge >= 0.3 is 154 Å². The molecule has 0 aliphatic heterocycles. The van der Waals surface area contributed by atoms with E-state index in [0.29, 0.717) is 6.42 Å². The van der Waals surface area contributed by atoms with Gasteiger partial charge in [-0.15, -0.1) is 0 Å². The topological polar surface area (TPSA) is 26.3 Å². The predicted molar refractivity (Wildman–Crippen MR) is 105 cm³/mol. The number of rotatable bonds is 6. The zero-order chi connectivity index (χ0) is 17.5. The van der Waals surface area contributed by atoms with Crippen molar-refractivity contribution in [2.75, 3.05) is 0 Å². The van der Waals surface area contributed by atoms with E-state index < -0.39 is 18.8 Å². The Kier molecular flexibility index (Phi) is 5.92. The molecule has 0 aliphatic rings. The average Bonchev–Trinajstić information content (AvgIpc) is 2.68. The second kappa shape index (κ2) is 8.34. The summed E-state index contributed by atoms with van der Waals surface area (Å²) in [6, 6.07) is 30.8. The van der Waals surface area contributed by atoms with Gasteiger partial charge in [0.2, 0.25) is 0 Å². The molecule has 0 unspecified atom stereocenters. The van der Waals surface area contributed by atoms with Gasteiger partial charge in [0.15, 0.2) is 0 Å². The van der Waals surface area contributed by atoms with Crippen molar-refractivity contribution in [3.05, 3.63) is 91.0 Å². The molecule has 2 nitrogen and oxygen atoms in total. The summed E-state index contributed by atoms with van der Waals surface area (Å²) in [5.41, 5.74) is 0. The quantitative estimate of drug-likeness (QED) is 0.555. The van der Waals surface area contributed by atoms with E-state index in [4.69, 9.17) is 3.07 Å². The normalized spacial score (nSPS) is 11.1. The van der Waals surface area contributed by atoms with Crippen molar-refractivity contribution in [2.24, 2.45) is 0 Å². The zero-order valence-corrected chi connectivity index (χ0v) is 17.2. The van der Waals surface area contributed by atoms with Crippen LogP contribution in [-0.2, 0) is 7.87 Å². The molecule has 0 atom stereocenters. The Morgan fingerprint density at radius 3 is 1.40 bits per heavy atom. The molecule has 0 N–H and O–H groups in total. The van der Waals surface area contributed by atoms with Gasteiger partial charge in [-0.25, -0.2) is 0 Å². The molecule has 0 saturated carbocycles.